The monoisotopic (exact) mass is 319 g/mol. The molecule has 1 aromatic rings. The Kier molecular flexibility index (Phi) is 5.99. The third kappa shape index (κ3) is 6.18. The van der Waals surface area contributed by atoms with Crippen LogP contribution in [0.25, 0.3) is 0 Å². The molecule has 1 aliphatic rings. The van der Waals surface area contributed by atoms with Gasteiger partial charge in [0.15, 0.2) is 0 Å². The Morgan fingerprint density at radius 2 is 2.17 bits per heavy atom. The molecule has 0 bridgehead atoms. The molecular formula is C18H29N3O2. The minimum absolute atomic E-state index is 0.183. The van der Waals surface area contributed by atoms with E-state index in [1.807, 2.05) is 50.1 Å². The van der Waals surface area contributed by atoms with Crippen molar-refractivity contribution in [2.75, 3.05) is 13.1 Å². The highest BCUT2D eigenvalue weighted by atomic mass is 16.6. The minimum Gasteiger partial charge on any atom is -0.444 e. The molecular weight excluding hydrogens is 290 g/mol. The maximum absolute atomic E-state index is 12.3. The maximum atomic E-state index is 12.3. The highest BCUT2D eigenvalue weighted by molar-refractivity contribution is 5.69. The Bertz CT molecular complexity index is 495. The van der Waals surface area contributed by atoms with E-state index in [1.54, 1.807) is 0 Å². The van der Waals surface area contributed by atoms with Crippen molar-refractivity contribution in [3.05, 3.63) is 30.1 Å². The molecule has 2 rings (SSSR count). The molecule has 23 heavy (non-hydrogen) atoms. The van der Waals surface area contributed by atoms with Crippen LogP contribution in [0, 0.1) is 0 Å². The molecule has 128 valence electrons. The van der Waals surface area contributed by atoms with Gasteiger partial charge in [-0.15, -0.1) is 0 Å². The van der Waals surface area contributed by atoms with E-state index in [9.17, 15) is 4.79 Å². The van der Waals surface area contributed by atoms with Gasteiger partial charge in [0, 0.05) is 24.8 Å². The second-order valence-corrected chi connectivity index (χ2v) is 7.19. The summed E-state index contributed by atoms with van der Waals surface area (Å²) in [7, 11) is 0. The molecule has 0 aromatic carbocycles. The average molecular weight is 319 g/mol. The third-order valence-corrected chi connectivity index (χ3v) is 3.77. The number of carbonyl (C=O) groups is 1. The molecule has 1 fully saturated rings. The number of carbonyl (C=O) groups excluding carboxylic acids is 1. The molecule has 0 aliphatic heterocycles. The van der Waals surface area contributed by atoms with Gasteiger partial charge < -0.3 is 15.0 Å². The van der Waals surface area contributed by atoms with Crippen molar-refractivity contribution in [2.45, 2.75) is 64.6 Å². The zero-order valence-corrected chi connectivity index (χ0v) is 14.7. The van der Waals surface area contributed by atoms with Crippen LogP contribution in [-0.2, 0) is 4.74 Å². The van der Waals surface area contributed by atoms with E-state index in [4.69, 9.17) is 4.74 Å². The van der Waals surface area contributed by atoms with E-state index in [0.29, 0.717) is 6.04 Å². The Morgan fingerprint density at radius 3 is 2.74 bits per heavy atom. The molecule has 1 atom stereocenters. The first-order valence-corrected chi connectivity index (χ1v) is 8.51. The average Bonchev–Trinajstić information content (AvgIpc) is 3.30. The number of nitrogens with zero attached hydrogens (tertiary/aromatic N) is 2. The lowest BCUT2D eigenvalue weighted by atomic mass is 10.2. The summed E-state index contributed by atoms with van der Waals surface area (Å²) in [5.74, 6) is 0. The van der Waals surface area contributed by atoms with Crippen molar-refractivity contribution >= 4 is 6.09 Å². The van der Waals surface area contributed by atoms with Crippen LogP contribution in [0.5, 0.6) is 0 Å². The number of nitrogens with one attached hydrogen (secondary N) is 1. The van der Waals surface area contributed by atoms with Crippen molar-refractivity contribution in [3.63, 3.8) is 0 Å². The summed E-state index contributed by atoms with van der Waals surface area (Å²) in [5.41, 5.74) is 0.606. The number of pyridine rings is 1. The first-order valence-electron chi connectivity index (χ1n) is 8.51. The van der Waals surface area contributed by atoms with Crippen LogP contribution in [0.15, 0.2) is 24.4 Å². The molecule has 1 unspecified atom stereocenters. The predicted octanol–water partition coefficient (Wildman–Crippen LogP) is 3.52. The number of rotatable bonds is 7. The van der Waals surface area contributed by atoms with Crippen LogP contribution in [0.3, 0.4) is 0 Å². The second kappa shape index (κ2) is 7.77. The Morgan fingerprint density at radius 1 is 1.43 bits per heavy atom. The van der Waals surface area contributed by atoms with Gasteiger partial charge in [0.05, 0.1) is 5.69 Å². The molecule has 0 radical (unpaired) electrons. The highest BCUT2D eigenvalue weighted by Crippen LogP contribution is 2.28. The summed E-state index contributed by atoms with van der Waals surface area (Å²) in [5, 5.41) is 3.46. The summed E-state index contributed by atoms with van der Waals surface area (Å²) in [6.07, 6.45) is 4.73. The van der Waals surface area contributed by atoms with E-state index >= 15 is 0 Å². The number of aromatic nitrogens is 1. The fraction of sp³-hybridized carbons (Fsp3) is 0.667. The van der Waals surface area contributed by atoms with Gasteiger partial charge in [-0.25, -0.2) is 4.79 Å². The first kappa shape index (κ1) is 17.7. The third-order valence-electron chi connectivity index (χ3n) is 3.77. The Labute approximate surface area is 139 Å². The molecule has 1 N–H and O–H groups in total. The Hall–Kier alpha value is -1.62. The molecule has 1 heterocycles. The van der Waals surface area contributed by atoms with Gasteiger partial charge in [0.1, 0.15) is 5.60 Å². The van der Waals surface area contributed by atoms with Crippen molar-refractivity contribution in [1.82, 2.24) is 15.2 Å². The summed E-state index contributed by atoms with van der Waals surface area (Å²) < 4.78 is 5.51. The van der Waals surface area contributed by atoms with Gasteiger partial charge in [-0.1, -0.05) is 6.07 Å². The molecule has 1 amide bonds. The molecule has 1 saturated carbocycles. The van der Waals surface area contributed by atoms with E-state index in [-0.39, 0.29) is 12.1 Å². The van der Waals surface area contributed by atoms with Crippen LogP contribution < -0.4 is 5.32 Å². The normalized spacial score (nSPS) is 16.0. The lowest BCUT2D eigenvalue weighted by Crippen LogP contribution is -2.39. The maximum Gasteiger partial charge on any atom is 0.410 e. The highest BCUT2D eigenvalue weighted by Gasteiger charge is 2.34. The fourth-order valence-electron chi connectivity index (χ4n) is 2.43. The van der Waals surface area contributed by atoms with Crippen molar-refractivity contribution in [2.24, 2.45) is 0 Å². The van der Waals surface area contributed by atoms with Crippen LogP contribution in [0.2, 0.25) is 0 Å². The van der Waals surface area contributed by atoms with E-state index in [1.165, 1.54) is 0 Å². The van der Waals surface area contributed by atoms with Crippen LogP contribution in [0.4, 0.5) is 4.79 Å². The predicted molar refractivity (Wildman–Crippen MR) is 91.2 cm³/mol. The van der Waals surface area contributed by atoms with Crippen molar-refractivity contribution in [1.29, 1.82) is 0 Å². The van der Waals surface area contributed by atoms with E-state index in [0.717, 1.165) is 38.0 Å². The summed E-state index contributed by atoms with van der Waals surface area (Å²) >= 11 is 0. The zero-order chi connectivity index (χ0) is 16.9. The molecule has 5 heteroatoms. The molecule has 1 aromatic heterocycles. The van der Waals surface area contributed by atoms with Crippen molar-refractivity contribution < 1.29 is 9.53 Å². The van der Waals surface area contributed by atoms with Gasteiger partial charge in [-0.2, -0.15) is 0 Å². The smallest absolute Gasteiger partial charge is 0.410 e. The molecule has 0 saturated heterocycles. The quantitative estimate of drug-likeness (QED) is 0.781. The zero-order valence-electron chi connectivity index (χ0n) is 14.7. The molecule has 0 spiro atoms. The lowest BCUT2D eigenvalue weighted by Gasteiger charge is -2.27. The summed E-state index contributed by atoms with van der Waals surface area (Å²) in [6.45, 7) is 9.42. The number of hydrogen-bond acceptors (Lipinski definition) is 4. The topological polar surface area (TPSA) is 54.5 Å². The second-order valence-electron chi connectivity index (χ2n) is 7.19. The summed E-state index contributed by atoms with van der Waals surface area (Å²) in [6, 6.07) is 6.53. The minimum atomic E-state index is -0.435. The van der Waals surface area contributed by atoms with E-state index < -0.39 is 5.60 Å². The van der Waals surface area contributed by atoms with E-state index in [2.05, 4.69) is 17.2 Å². The van der Waals surface area contributed by atoms with Gasteiger partial charge in [0.2, 0.25) is 0 Å². The van der Waals surface area contributed by atoms with Crippen LogP contribution >= 0.6 is 0 Å². The van der Waals surface area contributed by atoms with Gasteiger partial charge in [0.25, 0.3) is 0 Å². The lowest BCUT2D eigenvalue weighted by molar-refractivity contribution is 0.0231. The molecule has 1 aliphatic carbocycles. The van der Waals surface area contributed by atoms with Crippen LogP contribution in [-0.4, -0.2) is 40.7 Å². The fourth-order valence-corrected chi connectivity index (χ4v) is 2.43. The number of ether oxygens (including phenoxy) is 1. The van der Waals surface area contributed by atoms with Gasteiger partial charge in [-0.05, 0) is 65.6 Å². The summed E-state index contributed by atoms with van der Waals surface area (Å²) in [4.78, 5) is 18.5. The van der Waals surface area contributed by atoms with Crippen molar-refractivity contribution in [3.8, 4) is 0 Å². The number of hydrogen-bond donors (Lipinski definition) is 1. The van der Waals surface area contributed by atoms with Crippen LogP contribution in [0.1, 0.15) is 58.7 Å². The standard InChI is InChI=1S/C18H29N3O2/c1-14(16-8-5-6-11-20-16)19-12-7-13-21(15-9-10-15)17(22)23-18(2,3)4/h5-6,8,11,14-15,19H,7,9-10,12-13H2,1-4H3. The Balaban J connectivity index is 1.73. The van der Waals surface area contributed by atoms with Gasteiger partial charge >= 0.3 is 6.09 Å². The SMILES string of the molecule is CC(NCCCN(C(=O)OC(C)(C)C)C1CC1)c1ccccn1. The number of amides is 1. The van der Waals surface area contributed by atoms with Gasteiger partial charge in [-0.3, -0.25) is 4.98 Å². The first-order chi connectivity index (χ1) is 10.9. The molecule has 5 nitrogen and oxygen atoms in total. The largest absolute Gasteiger partial charge is 0.444 e.